The fourth-order valence-electron chi connectivity index (χ4n) is 5.74. The van der Waals surface area contributed by atoms with E-state index in [4.69, 9.17) is 68.7 Å². The number of benzene rings is 4. The summed E-state index contributed by atoms with van der Waals surface area (Å²) in [5, 5.41) is 17.3. The third-order valence-corrected chi connectivity index (χ3v) is 9.51. The van der Waals surface area contributed by atoms with Crippen molar-refractivity contribution in [2.75, 3.05) is 59.5 Å². The number of hydrogen-bond donors (Lipinski definition) is 4. The summed E-state index contributed by atoms with van der Waals surface area (Å²) < 4.78 is 0. The maximum Gasteiger partial charge on any atom is 2.00 e. The van der Waals surface area contributed by atoms with E-state index in [-0.39, 0.29) is 45.9 Å². The van der Waals surface area contributed by atoms with Gasteiger partial charge in [0.2, 0.25) is 23.8 Å². The molecule has 6 rings (SSSR count). The van der Waals surface area contributed by atoms with Crippen LogP contribution in [0.5, 0.6) is 0 Å². The molecule has 0 aromatic heterocycles. The van der Waals surface area contributed by atoms with Crippen LogP contribution in [0.25, 0.3) is 0 Å². The average molecular weight is 1110 g/mol. The van der Waals surface area contributed by atoms with E-state index >= 15 is 0 Å². The van der Waals surface area contributed by atoms with E-state index in [2.05, 4.69) is 19.8 Å². The van der Waals surface area contributed by atoms with Gasteiger partial charge < -0.3 is 46.1 Å². The zero-order valence-electron chi connectivity index (χ0n) is 32.9. The molecule has 0 atom stereocenters. The number of guanidine groups is 4. The minimum absolute atomic E-state index is 0. The molecule has 2 aliphatic rings. The Hall–Kier alpha value is -3.21. The van der Waals surface area contributed by atoms with Gasteiger partial charge in [0.15, 0.2) is 0 Å². The van der Waals surface area contributed by atoms with Crippen LogP contribution in [0.2, 0.25) is 0 Å². The van der Waals surface area contributed by atoms with Crippen molar-refractivity contribution in [3.05, 3.63) is 121 Å². The first kappa shape index (κ1) is 55.8. The topological polar surface area (TPSA) is 137 Å². The SMILES string of the molecule is ClCCCl.ClCCCl.N=C(N1CCCCC1)N(C(N)=Nc1ccccc1)c1ccccc1.N=C(N1CCCCC1)N(C(N)=Nc1ccccc1)c1ccccc1.[Cl-].[Cl-].[Pt+2]. The molecule has 4 aromatic carbocycles. The molecule has 17 heteroatoms. The van der Waals surface area contributed by atoms with Gasteiger partial charge in [0.05, 0.1) is 22.7 Å². The monoisotopic (exact) mass is 1100 g/mol. The molecule has 0 saturated carbocycles. The fraction of sp³-hybridized carbons (Fsp3) is 0.333. The van der Waals surface area contributed by atoms with Crippen molar-refractivity contribution in [3.63, 3.8) is 0 Å². The van der Waals surface area contributed by atoms with Gasteiger partial charge in [0.25, 0.3) is 0 Å². The standard InChI is InChI=1S/2C19H23N5.2C2H4Cl2.2ClH.Pt/c2*20-18(22-16-10-4-1-5-11-16)24(17-12-6-2-7-13-17)19(21)23-14-8-3-9-15-23;2*3-1-2-4;;;/h2*1-2,4-7,10-13,21H,3,8-9,14-15H2,(H2,20,22);2*1-2H2;2*1H;/q;;;;;;+2/p-2. The number of likely N-dealkylation sites (tertiary alicyclic amines) is 2. The van der Waals surface area contributed by atoms with Crippen molar-refractivity contribution in [2.24, 2.45) is 21.5 Å². The van der Waals surface area contributed by atoms with E-state index in [9.17, 15) is 0 Å². The summed E-state index contributed by atoms with van der Waals surface area (Å²) in [6, 6.07) is 38.7. The van der Waals surface area contributed by atoms with Crippen LogP contribution in [0.4, 0.5) is 22.7 Å². The van der Waals surface area contributed by atoms with Crippen LogP contribution in [0.15, 0.2) is 131 Å². The van der Waals surface area contributed by atoms with Crippen molar-refractivity contribution in [1.29, 1.82) is 10.8 Å². The summed E-state index contributed by atoms with van der Waals surface area (Å²) in [4.78, 5) is 16.6. The molecular weight excluding hydrogens is 1050 g/mol. The van der Waals surface area contributed by atoms with Crippen LogP contribution < -0.4 is 46.1 Å². The fourth-order valence-corrected chi connectivity index (χ4v) is 5.74. The second-order valence-electron chi connectivity index (χ2n) is 12.5. The second-order valence-corrected chi connectivity index (χ2v) is 14.0. The van der Waals surface area contributed by atoms with Crippen LogP contribution in [0.3, 0.4) is 0 Å². The Labute approximate surface area is 397 Å². The minimum Gasteiger partial charge on any atom is -1.00 e. The number of anilines is 2. The molecule has 0 spiro atoms. The Morgan fingerprint density at radius 2 is 0.729 bits per heavy atom. The number of para-hydroxylation sites is 4. The number of nitrogens with zero attached hydrogens (tertiary/aromatic N) is 6. The van der Waals surface area contributed by atoms with E-state index in [1.807, 2.05) is 121 Å². The molecule has 0 bridgehead atoms. The summed E-state index contributed by atoms with van der Waals surface area (Å²) in [5.74, 6) is 3.62. The average Bonchev–Trinajstić information content (AvgIpc) is 3.26. The van der Waals surface area contributed by atoms with Gasteiger partial charge in [0.1, 0.15) is 0 Å². The van der Waals surface area contributed by atoms with Crippen molar-refractivity contribution in [2.45, 2.75) is 38.5 Å². The Morgan fingerprint density at radius 1 is 0.475 bits per heavy atom. The Balaban J connectivity index is 0.000000925. The van der Waals surface area contributed by atoms with E-state index < -0.39 is 0 Å². The smallest absolute Gasteiger partial charge is 1.00 e. The molecule has 0 unspecified atom stereocenters. The number of halogens is 6. The number of alkyl halides is 4. The number of aliphatic imine (C=N–C) groups is 2. The van der Waals surface area contributed by atoms with Crippen molar-refractivity contribution >= 4 is 93.0 Å². The third kappa shape index (κ3) is 20.3. The molecule has 4 aromatic rings. The zero-order valence-corrected chi connectivity index (χ0v) is 39.7. The first-order valence-electron chi connectivity index (χ1n) is 18.7. The van der Waals surface area contributed by atoms with Gasteiger partial charge in [-0.25, -0.2) is 9.98 Å². The number of piperidine rings is 2. The van der Waals surface area contributed by atoms with Crippen LogP contribution in [0.1, 0.15) is 38.5 Å². The van der Waals surface area contributed by atoms with E-state index in [0.717, 1.165) is 74.6 Å². The quantitative estimate of drug-likeness (QED) is 0.131. The predicted molar refractivity (Wildman–Crippen MR) is 242 cm³/mol. The Kier molecular flexibility index (Phi) is 31.7. The number of rotatable bonds is 6. The van der Waals surface area contributed by atoms with E-state index in [1.54, 1.807) is 9.80 Å². The number of nitrogens with two attached hydrogens (primary N) is 2. The summed E-state index contributed by atoms with van der Waals surface area (Å²) in [7, 11) is 0. The van der Waals surface area contributed by atoms with Gasteiger partial charge in [-0.1, -0.05) is 72.8 Å². The van der Waals surface area contributed by atoms with Gasteiger partial charge in [-0.15, -0.1) is 46.4 Å². The summed E-state index contributed by atoms with van der Waals surface area (Å²) in [5.41, 5.74) is 15.9. The second kappa shape index (κ2) is 33.5. The van der Waals surface area contributed by atoms with Gasteiger partial charge in [-0.3, -0.25) is 20.6 Å². The third-order valence-electron chi connectivity index (χ3n) is 8.36. The molecule has 10 nitrogen and oxygen atoms in total. The van der Waals surface area contributed by atoms with Gasteiger partial charge in [-0.05, 0) is 87.1 Å². The maximum atomic E-state index is 8.67. The normalized spacial score (nSPS) is 13.4. The summed E-state index contributed by atoms with van der Waals surface area (Å²) in [6.45, 7) is 3.56. The largest absolute Gasteiger partial charge is 2.00 e. The molecule has 2 saturated heterocycles. The maximum absolute atomic E-state index is 8.67. The first-order chi connectivity index (χ1) is 27.3. The molecule has 2 fully saturated rings. The van der Waals surface area contributed by atoms with Crippen molar-refractivity contribution in [3.8, 4) is 0 Å². The Morgan fingerprint density at radius 3 is 0.983 bits per heavy atom. The van der Waals surface area contributed by atoms with Crippen LogP contribution in [-0.4, -0.2) is 83.3 Å². The van der Waals surface area contributed by atoms with E-state index in [0.29, 0.717) is 47.4 Å². The number of hydrogen-bond acceptors (Lipinski definition) is 4. The molecule has 2 aliphatic heterocycles. The molecule has 59 heavy (non-hydrogen) atoms. The van der Waals surface area contributed by atoms with E-state index in [1.165, 1.54) is 12.8 Å². The zero-order chi connectivity index (χ0) is 40.4. The summed E-state index contributed by atoms with van der Waals surface area (Å²) in [6.07, 6.45) is 6.90. The molecule has 0 radical (unpaired) electrons. The van der Waals surface area contributed by atoms with Gasteiger partial charge in [-0.2, -0.15) is 0 Å². The van der Waals surface area contributed by atoms with Crippen LogP contribution >= 0.6 is 46.4 Å². The molecule has 2 heterocycles. The summed E-state index contributed by atoms with van der Waals surface area (Å²) >= 11 is 20.2. The predicted octanol–water partition coefficient (Wildman–Crippen LogP) is 4.05. The Bertz CT molecular complexity index is 1600. The molecule has 6 N–H and O–H groups in total. The number of nitrogens with one attached hydrogen (secondary N) is 2. The van der Waals surface area contributed by atoms with Gasteiger partial charge in [0, 0.05) is 49.7 Å². The van der Waals surface area contributed by atoms with Gasteiger partial charge >= 0.3 is 21.1 Å². The molecule has 324 valence electrons. The van der Waals surface area contributed by atoms with Crippen molar-refractivity contribution in [1.82, 2.24) is 9.80 Å². The molecule has 0 aliphatic carbocycles. The minimum atomic E-state index is 0. The first-order valence-corrected chi connectivity index (χ1v) is 20.9. The van der Waals surface area contributed by atoms with Crippen LogP contribution in [0, 0.1) is 10.8 Å². The van der Waals surface area contributed by atoms with Crippen molar-refractivity contribution < 1.29 is 45.9 Å². The molecule has 0 amide bonds. The molecular formula is C42H54Cl6N10Pt. The van der Waals surface area contributed by atoms with Crippen LogP contribution in [-0.2, 0) is 21.1 Å².